The molecule has 0 bridgehead atoms. The van der Waals surface area contributed by atoms with Crippen molar-refractivity contribution in [3.63, 3.8) is 0 Å². The van der Waals surface area contributed by atoms with Gasteiger partial charge in [-0.25, -0.2) is 0 Å². The van der Waals surface area contributed by atoms with Crippen LogP contribution in [0.3, 0.4) is 0 Å². The van der Waals surface area contributed by atoms with Gasteiger partial charge in [0.1, 0.15) is 6.10 Å². The lowest BCUT2D eigenvalue weighted by Crippen LogP contribution is -2.51. The van der Waals surface area contributed by atoms with Crippen LogP contribution in [-0.4, -0.2) is 28.9 Å². The monoisotopic (exact) mass is 554 g/mol. The van der Waals surface area contributed by atoms with E-state index in [1.54, 1.807) is 0 Å². The molecule has 0 amide bonds. The number of fused-ring (bicyclic) bond motifs is 5. The summed E-state index contributed by atoms with van der Waals surface area (Å²) in [5.41, 5.74) is 1.83. The molecule has 0 aliphatic heterocycles. The first-order valence-electron chi connectivity index (χ1n) is 16.8. The lowest BCUT2D eigenvalue weighted by molar-refractivity contribution is -0.160. The summed E-state index contributed by atoms with van der Waals surface area (Å²) in [6, 6.07) is 0. The van der Waals surface area contributed by atoms with Crippen molar-refractivity contribution in [3.05, 3.63) is 11.6 Å². The Morgan fingerprint density at radius 3 is 2.12 bits per heavy atom. The van der Waals surface area contributed by atoms with Gasteiger partial charge in [-0.3, -0.25) is 14.4 Å². The van der Waals surface area contributed by atoms with E-state index in [-0.39, 0.29) is 22.9 Å². The molecule has 0 spiro atoms. The maximum absolute atomic E-state index is 12.7. The molecule has 224 valence electrons. The Kier molecular flexibility index (Phi) is 9.47. The number of carboxylic acids is 1. The van der Waals surface area contributed by atoms with Crippen molar-refractivity contribution in [3.8, 4) is 0 Å². The molecule has 0 saturated heterocycles. The Hall–Kier alpha value is -1.65. The van der Waals surface area contributed by atoms with Gasteiger partial charge in [0.25, 0.3) is 0 Å². The standard InChI is InChI=1S/C27H40O3.C8H14O2/c1-26-15-13-20(28)17-19(26)8-9-21-22-10-11-24(27(22,2)16-14-23(21)26)30-25(29)12-7-18-5-3-4-6-18;9-8(10)6-5-7-3-1-2-4-7/h17-18,21-24H,3-16H2,1-2H3;7H,1-6H2,(H,9,10)/t21-,22-,23-,24-,26-,27-;/m0./s1. The lowest BCUT2D eigenvalue weighted by atomic mass is 9.47. The minimum atomic E-state index is -0.646. The second-order valence-corrected chi connectivity index (χ2v) is 14.8. The van der Waals surface area contributed by atoms with E-state index in [0.717, 1.165) is 56.3 Å². The van der Waals surface area contributed by atoms with E-state index in [1.165, 1.54) is 82.6 Å². The fourth-order valence-electron chi connectivity index (χ4n) is 10.2. The van der Waals surface area contributed by atoms with Gasteiger partial charge in [0.05, 0.1) is 0 Å². The van der Waals surface area contributed by atoms with Crippen LogP contribution in [0.4, 0.5) is 0 Å². The van der Waals surface area contributed by atoms with Gasteiger partial charge in [0.2, 0.25) is 0 Å². The number of esters is 1. The Bertz CT molecular complexity index is 957. The number of rotatable bonds is 7. The number of ketones is 1. The third kappa shape index (κ3) is 6.38. The van der Waals surface area contributed by atoms with E-state index in [4.69, 9.17) is 9.84 Å². The molecular weight excluding hydrogens is 500 g/mol. The van der Waals surface area contributed by atoms with Gasteiger partial charge in [0, 0.05) is 24.7 Å². The molecule has 5 heteroatoms. The van der Waals surface area contributed by atoms with E-state index < -0.39 is 5.97 Å². The molecule has 5 nitrogen and oxygen atoms in total. The van der Waals surface area contributed by atoms with Gasteiger partial charge in [-0.1, -0.05) is 70.8 Å². The number of carboxylic acid groups (broad SMARTS) is 1. The number of carbonyl (C=O) groups is 3. The van der Waals surface area contributed by atoms with Gasteiger partial charge in [-0.05, 0) is 98.9 Å². The minimum Gasteiger partial charge on any atom is -0.481 e. The highest BCUT2D eigenvalue weighted by Crippen LogP contribution is 2.65. The number of carbonyl (C=O) groups excluding carboxylic acids is 2. The van der Waals surface area contributed by atoms with Crippen LogP contribution in [0.1, 0.15) is 142 Å². The zero-order chi connectivity index (χ0) is 28.3. The highest BCUT2D eigenvalue weighted by atomic mass is 16.5. The van der Waals surface area contributed by atoms with Crippen molar-refractivity contribution in [1.82, 2.24) is 0 Å². The molecule has 1 N–H and O–H groups in total. The van der Waals surface area contributed by atoms with E-state index >= 15 is 0 Å². The van der Waals surface area contributed by atoms with E-state index in [9.17, 15) is 14.4 Å². The maximum atomic E-state index is 12.7. The smallest absolute Gasteiger partial charge is 0.306 e. The second-order valence-electron chi connectivity index (χ2n) is 14.8. The second kappa shape index (κ2) is 12.7. The molecule has 6 aliphatic rings. The van der Waals surface area contributed by atoms with Crippen molar-refractivity contribution >= 4 is 17.7 Å². The third-order valence-electron chi connectivity index (χ3n) is 12.6. The van der Waals surface area contributed by atoms with Crippen LogP contribution in [0.15, 0.2) is 11.6 Å². The van der Waals surface area contributed by atoms with Crippen molar-refractivity contribution in [2.24, 2.45) is 40.4 Å². The summed E-state index contributed by atoms with van der Waals surface area (Å²) in [7, 11) is 0. The van der Waals surface area contributed by atoms with E-state index in [2.05, 4.69) is 13.8 Å². The van der Waals surface area contributed by atoms with Crippen molar-refractivity contribution in [1.29, 1.82) is 0 Å². The topological polar surface area (TPSA) is 80.7 Å². The van der Waals surface area contributed by atoms with Crippen molar-refractivity contribution in [2.45, 2.75) is 148 Å². The lowest BCUT2D eigenvalue weighted by Gasteiger charge is -2.57. The van der Waals surface area contributed by atoms with Crippen LogP contribution in [-0.2, 0) is 19.1 Å². The van der Waals surface area contributed by atoms with Gasteiger partial charge >= 0.3 is 11.9 Å². The number of hydrogen-bond acceptors (Lipinski definition) is 4. The largest absolute Gasteiger partial charge is 0.481 e. The summed E-state index contributed by atoms with van der Waals surface area (Å²) in [6.07, 6.45) is 24.2. The van der Waals surface area contributed by atoms with Crippen LogP contribution < -0.4 is 0 Å². The first-order chi connectivity index (χ1) is 19.2. The van der Waals surface area contributed by atoms with Gasteiger partial charge < -0.3 is 9.84 Å². The first-order valence-corrected chi connectivity index (χ1v) is 16.8. The molecule has 6 rings (SSSR count). The summed E-state index contributed by atoms with van der Waals surface area (Å²) in [4.78, 5) is 34.8. The molecule has 5 saturated carbocycles. The zero-order valence-electron chi connectivity index (χ0n) is 25.3. The number of ether oxygens (including phenoxy) is 1. The van der Waals surface area contributed by atoms with E-state index in [0.29, 0.717) is 30.5 Å². The molecule has 40 heavy (non-hydrogen) atoms. The molecule has 0 aromatic heterocycles. The fourth-order valence-corrected chi connectivity index (χ4v) is 10.2. The normalized spacial score (nSPS) is 37.5. The van der Waals surface area contributed by atoms with Crippen LogP contribution in [0.5, 0.6) is 0 Å². The van der Waals surface area contributed by atoms with Crippen molar-refractivity contribution < 1.29 is 24.2 Å². The first kappa shape index (κ1) is 29.8. The summed E-state index contributed by atoms with van der Waals surface area (Å²) in [6.45, 7) is 4.87. The quantitative estimate of drug-likeness (QED) is 0.319. The summed E-state index contributed by atoms with van der Waals surface area (Å²) < 4.78 is 6.17. The summed E-state index contributed by atoms with van der Waals surface area (Å²) in [5.74, 6) is 3.35. The zero-order valence-corrected chi connectivity index (χ0v) is 25.3. The Labute approximate surface area is 242 Å². The molecule has 0 aromatic rings. The molecular formula is C35H54O5. The van der Waals surface area contributed by atoms with Crippen LogP contribution in [0.2, 0.25) is 0 Å². The SMILES string of the molecule is C[C@]12CC[C@H]3[C@@H](CCC4=CC(=O)CC[C@@]43C)[C@@H]1CC[C@@H]2OC(=O)CCC1CCCC1.O=C(O)CCC1CCCC1. The Balaban J connectivity index is 0.000000274. The van der Waals surface area contributed by atoms with Gasteiger partial charge in [-0.2, -0.15) is 0 Å². The highest BCUT2D eigenvalue weighted by Gasteiger charge is 2.60. The fraction of sp³-hybridized carbons (Fsp3) is 0.857. The average Bonchev–Trinajstić information content (AvgIpc) is 3.70. The molecule has 5 fully saturated rings. The van der Waals surface area contributed by atoms with Gasteiger partial charge in [0.15, 0.2) is 5.78 Å². The highest BCUT2D eigenvalue weighted by molar-refractivity contribution is 5.91. The predicted molar refractivity (Wildman–Crippen MR) is 157 cm³/mol. The molecule has 0 radical (unpaired) electrons. The molecule has 0 aromatic carbocycles. The van der Waals surface area contributed by atoms with Crippen LogP contribution >= 0.6 is 0 Å². The van der Waals surface area contributed by atoms with Gasteiger partial charge in [-0.15, -0.1) is 0 Å². The van der Waals surface area contributed by atoms with Crippen molar-refractivity contribution in [2.75, 3.05) is 0 Å². The molecule has 6 aliphatic carbocycles. The molecule has 0 heterocycles. The maximum Gasteiger partial charge on any atom is 0.306 e. The summed E-state index contributed by atoms with van der Waals surface area (Å²) >= 11 is 0. The molecule has 6 atom stereocenters. The summed E-state index contributed by atoms with van der Waals surface area (Å²) in [5, 5.41) is 8.37. The minimum absolute atomic E-state index is 0.0579. The molecule has 0 unspecified atom stereocenters. The van der Waals surface area contributed by atoms with Crippen LogP contribution in [0.25, 0.3) is 0 Å². The average molecular weight is 555 g/mol. The predicted octanol–water partition coefficient (Wildman–Crippen LogP) is 8.44. The van der Waals surface area contributed by atoms with Crippen LogP contribution in [0, 0.1) is 40.4 Å². The van der Waals surface area contributed by atoms with E-state index in [1.807, 2.05) is 6.08 Å². The number of aliphatic carboxylic acids is 1. The third-order valence-corrected chi connectivity index (χ3v) is 12.6. The Morgan fingerprint density at radius 1 is 0.825 bits per heavy atom. The Morgan fingerprint density at radius 2 is 1.48 bits per heavy atom. The number of hydrogen-bond donors (Lipinski definition) is 1. The number of allylic oxidation sites excluding steroid dienone is 1.